The van der Waals surface area contributed by atoms with Gasteiger partial charge in [-0.2, -0.15) is 0 Å². The van der Waals surface area contributed by atoms with E-state index in [1.807, 2.05) is 0 Å². The molecule has 9 heteroatoms. The van der Waals surface area contributed by atoms with Crippen LogP contribution in [0.1, 0.15) is 0 Å². The number of aliphatic hydroxyl groups is 2. The molecule has 0 amide bonds. The molecule has 5 N–H and O–H groups in total. The van der Waals surface area contributed by atoms with Crippen molar-refractivity contribution in [2.45, 2.75) is 6.10 Å². The highest BCUT2D eigenvalue weighted by molar-refractivity contribution is 7.46. The number of nitrogens with zero attached hydrogens (tertiary/aromatic N) is 1. The SMILES string of the molecule is O=P(O)(O)OC(CO)CO.c1c[nH]cn1. The van der Waals surface area contributed by atoms with Gasteiger partial charge in [0.2, 0.25) is 0 Å². The second kappa shape index (κ2) is 7.52. The summed E-state index contributed by atoms with van der Waals surface area (Å²) in [7, 11) is -4.57. The molecule has 0 aliphatic rings. The van der Waals surface area contributed by atoms with Gasteiger partial charge in [-0.05, 0) is 0 Å². The Balaban J connectivity index is 0.000000322. The molecule has 0 radical (unpaired) electrons. The Hall–Kier alpha value is -0.760. The van der Waals surface area contributed by atoms with Gasteiger partial charge in [-0.25, -0.2) is 9.55 Å². The summed E-state index contributed by atoms with van der Waals surface area (Å²) in [5.74, 6) is 0. The van der Waals surface area contributed by atoms with Crippen molar-refractivity contribution in [1.82, 2.24) is 9.97 Å². The molecule has 1 heterocycles. The van der Waals surface area contributed by atoms with Gasteiger partial charge in [0.1, 0.15) is 6.10 Å². The number of rotatable bonds is 4. The van der Waals surface area contributed by atoms with E-state index in [0.29, 0.717) is 0 Å². The molecule has 0 unspecified atom stereocenters. The predicted octanol–water partition coefficient (Wildman–Crippen LogP) is -1.14. The molecule has 0 atom stereocenters. The molecule has 0 spiro atoms. The number of H-pyrrole nitrogens is 1. The molecule has 1 aromatic rings. The molecule has 0 aromatic carbocycles. The lowest BCUT2D eigenvalue weighted by Crippen LogP contribution is -2.20. The maximum atomic E-state index is 10.0. The number of nitrogens with one attached hydrogen (secondary N) is 1. The van der Waals surface area contributed by atoms with Crippen LogP contribution >= 0.6 is 7.82 Å². The summed E-state index contributed by atoms with van der Waals surface area (Å²) in [6.45, 7) is -1.25. The highest BCUT2D eigenvalue weighted by Gasteiger charge is 2.20. The third kappa shape index (κ3) is 9.54. The third-order valence-corrected chi connectivity index (χ3v) is 1.67. The summed E-state index contributed by atoms with van der Waals surface area (Å²) in [5.41, 5.74) is 0. The number of aromatic amines is 1. The first kappa shape index (κ1) is 14.2. The summed E-state index contributed by atoms with van der Waals surface area (Å²) >= 11 is 0. The number of hydrogen-bond donors (Lipinski definition) is 5. The molecule has 0 aliphatic heterocycles. The summed E-state index contributed by atoms with van der Waals surface area (Å²) < 4.78 is 13.9. The first-order chi connectivity index (χ1) is 6.99. The van der Waals surface area contributed by atoms with Crippen LogP contribution in [0.4, 0.5) is 0 Å². The maximum Gasteiger partial charge on any atom is 0.470 e. The van der Waals surface area contributed by atoms with Crippen LogP contribution in [-0.4, -0.2) is 49.3 Å². The van der Waals surface area contributed by atoms with Gasteiger partial charge >= 0.3 is 7.82 Å². The number of phosphoric acid groups is 1. The second-order valence-corrected chi connectivity index (χ2v) is 3.54. The third-order valence-electron chi connectivity index (χ3n) is 1.10. The van der Waals surface area contributed by atoms with Gasteiger partial charge in [0, 0.05) is 12.4 Å². The zero-order valence-corrected chi connectivity index (χ0v) is 8.62. The van der Waals surface area contributed by atoms with E-state index in [4.69, 9.17) is 20.0 Å². The van der Waals surface area contributed by atoms with Crippen LogP contribution < -0.4 is 0 Å². The average Bonchev–Trinajstić information content (AvgIpc) is 2.70. The standard InChI is InChI=1S/C3H4N2.C3H9O6P/c1-2-5-3-4-1;4-1-3(2-5)9-10(6,7)8/h1-3H,(H,4,5);3-5H,1-2H2,(H2,6,7,8). The Labute approximate surface area is 85.8 Å². The largest absolute Gasteiger partial charge is 0.470 e. The topological polar surface area (TPSA) is 136 Å². The van der Waals surface area contributed by atoms with E-state index in [1.54, 1.807) is 18.7 Å². The monoisotopic (exact) mass is 240 g/mol. The van der Waals surface area contributed by atoms with Gasteiger partial charge < -0.3 is 25.0 Å². The highest BCUT2D eigenvalue weighted by atomic mass is 31.2. The zero-order chi connectivity index (χ0) is 11.7. The first-order valence-electron chi connectivity index (χ1n) is 3.88. The molecule has 0 saturated carbocycles. The molecule has 0 saturated heterocycles. The fourth-order valence-corrected chi connectivity index (χ4v) is 1.06. The Morgan fingerprint density at radius 1 is 1.40 bits per heavy atom. The van der Waals surface area contributed by atoms with Crippen molar-refractivity contribution < 1.29 is 29.1 Å². The molecule has 8 nitrogen and oxygen atoms in total. The lowest BCUT2D eigenvalue weighted by Gasteiger charge is -2.11. The molecule has 15 heavy (non-hydrogen) atoms. The summed E-state index contributed by atoms with van der Waals surface area (Å²) in [4.78, 5) is 22.7. The van der Waals surface area contributed by atoms with Crippen molar-refractivity contribution in [1.29, 1.82) is 0 Å². The van der Waals surface area contributed by atoms with Crippen LogP contribution in [0.3, 0.4) is 0 Å². The molecule has 88 valence electrons. The number of imidazole rings is 1. The first-order valence-corrected chi connectivity index (χ1v) is 5.41. The van der Waals surface area contributed by atoms with Crippen LogP contribution in [0.5, 0.6) is 0 Å². The zero-order valence-electron chi connectivity index (χ0n) is 7.72. The number of aliphatic hydroxyl groups excluding tert-OH is 2. The molecule has 1 rings (SSSR count). The Morgan fingerprint density at radius 3 is 2.13 bits per heavy atom. The number of hydrogen-bond acceptors (Lipinski definition) is 5. The van der Waals surface area contributed by atoms with E-state index in [9.17, 15) is 4.57 Å². The maximum absolute atomic E-state index is 10.0. The molecular formula is C6H13N2O6P. The minimum absolute atomic E-state index is 0.623. The van der Waals surface area contributed by atoms with Crippen molar-refractivity contribution in [3.63, 3.8) is 0 Å². The van der Waals surface area contributed by atoms with Crippen LogP contribution in [0.25, 0.3) is 0 Å². The highest BCUT2D eigenvalue weighted by Crippen LogP contribution is 2.37. The van der Waals surface area contributed by atoms with Crippen LogP contribution in [0, 0.1) is 0 Å². The number of aromatic nitrogens is 2. The predicted molar refractivity (Wildman–Crippen MR) is 49.7 cm³/mol. The van der Waals surface area contributed by atoms with E-state index in [0.717, 1.165) is 0 Å². The van der Waals surface area contributed by atoms with Gasteiger partial charge in [-0.3, -0.25) is 4.52 Å². The molecule has 0 fully saturated rings. The Bertz CT molecular complexity index is 252. The lowest BCUT2D eigenvalue weighted by molar-refractivity contribution is 0.0391. The van der Waals surface area contributed by atoms with E-state index in [2.05, 4.69) is 14.5 Å². The van der Waals surface area contributed by atoms with Gasteiger partial charge in [0.15, 0.2) is 0 Å². The van der Waals surface area contributed by atoms with Crippen LogP contribution in [-0.2, 0) is 9.09 Å². The van der Waals surface area contributed by atoms with Gasteiger partial charge in [0.05, 0.1) is 19.5 Å². The molecular weight excluding hydrogens is 227 g/mol. The van der Waals surface area contributed by atoms with E-state index in [-0.39, 0.29) is 0 Å². The normalized spacial score (nSPS) is 11.0. The van der Waals surface area contributed by atoms with Crippen molar-refractivity contribution >= 4 is 7.82 Å². The fourth-order valence-electron chi connectivity index (χ4n) is 0.534. The van der Waals surface area contributed by atoms with E-state index in [1.165, 1.54) is 0 Å². The van der Waals surface area contributed by atoms with Crippen molar-refractivity contribution in [3.8, 4) is 0 Å². The summed E-state index contributed by atoms with van der Waals surface area (Å²) in [5, 5.41) is 16.5. The quantitative estimate of drug-likeness (QED) is 0.419. The Kier molecular flexibility index (Phi) is 7.14. The smallest absolute Gasteiger partial charge is 0.394 e. The lowest BCUT2D eigenvalue weighted by atomic mass is 10.4. The number of phosphoric ester groups is 1. The molecule has 0 aliphatic carbocycles. The van der Waals surface area contributed by atoms with Crippen molar-refractivity contribution in [2.24, 2.45) is 0 Å². The molecule has 1 aromatic heterocycles. The minimum atomic E-state index is -4.57. The minimum Gasteiger partial charge on any atom is -0.394 e. The van der Waals surface area contributed by atoms with Gasteiger partial charge in [-0.1, -0.05) is 0 Å². The van der Waals surface area contributed by atoms with Gasteiger partial charge in [0.25, 0.3) is 0 Å². The van der Waals surface area contributed by atoms with Gasteiger partial charge in [-0.15, -0.1) is 0 Å². The van der Waals surface area contributed by atoms with E-state index < -0.39 is 27.1 Å². The average molecular weight is 240 g/mol. The summed E-state index contributed by atoms with van der Waals surface area (Å²) in [6, 6.07) is 0. The Morgan fingerprint density at radius 2 is 2.00 bits per heavy atom. The van der Waals surface area contributed by atoms with Crippen molar-refractivity contribution in [2.75, 3.05) is 13.2 Å². The van der Waals surface area contributed by atoms with Crippen LogP contribution in [0.2, 0.25) is 0 Å². The van der Waals surface area contributed by atoms with E-state index >= 15 is 0 Å². The van der Waals surface area contributed by atoms with Crippen molar-refractivity contribution in [3.05, 3.63) is 18.7 Å². The van der Waals surface area contributed by atoms with Crippen LogP contribution in [0.15, 0.2) is 18.7 Å². The molecule has 0 bridgehead atoms. The summed E-state index contributed by atoms with van der Waals surface area (Å²) in [6.07, 6.45) is 3.88. The fraction of sp³-hybridized carbons (Fsp3) is 0.500. The second-order valence-electron chi connectivity index (χ2n) is 2.34.